The topological polar surface area (TPSA) is 23.8 Å². The van der Waals surface area contributed by atoms with Crippen molar-refractivity contribution in [1.82, 2.24) is 0 Å². The van der Waals surface area contributed by atoms with Gasteiger partial charge in [-0.05, 0) is 6.42 Å². The van der Waals surface area contributed by atoms with E-state index in [4.69, 9.17) is 5.26 Å². The molecule has 0 aliphatic rings. The van der Waals surface area contributed by atoms with Crippen LogP contribution in [0.1, 0.15) is 25.7 Å². The van der Waals surface area contributed by atoms with Gasteiger partial charge in [0, 0.05) is 25.9 Å². The minimum Gasteiger partial charge on any atom is -0.343 e. The van der Waals surface area contributed by atoms with Crippen LogP contribution in [0.4, 0.5) is 0 Å². The molecule has 9 heavy (non-hydrogen) atoms. The molecule has 0 radical (unpaired) electrons. The minimum absolute atomic E-state index is 0. The summed E-state index contributed by atoms with van der Waals surface area (Å²) in [7, 11) is 0. The van der Waals surface area contributed by atoms with Crippen LogP contribution in [-0.2, 0) is 19.5 Å². The molecule has 0 aliphatic heterocycles. The number of rotatable bonds is 3. The van der Waals surface area contributed by atoms with Gasteiger partial charge >= 0.3 is 0 Å². The zero-order valence-corrected chi connectivity index (χ0v) is 10.3. The van der Waals surface area contributed by atoms with Gasteiger partial charge in [-0.3, -0.25) is 0 Å². The Hall–Kier alpha value is 0.593. The third-order valence-corrected chi connectivity index (χ3v) is 0.789. The molecule has 0 unspecified atom stereocenters. The molecule has 0 bridgehead atoms. The van der Waals surface area contributed by atoms with Crippen LogP contribution >= 0.6 is 17.0 Å². The van der Waals surface area contributed by atoms with Gasteiger partial charge in [-0.15, -0.1) is 17.0 Å². The molecule has 0 atom stereocenters. The Balaban J connectivity index is -0.000000180. The van der Waals surface area contributed by atoms with Crippen LogP contribution in [0.5, 0.6) is 0 Å². The summed E-state index contributed by atoms with van der Waals surface area (Å²) in [5.74, 6) is 0. The molecular weight excluding hydrogens is 231 g/mol. The largest absolute Gasteiger partial charge is 0.343 e. The molecule has 0 rings (SSSR count). The van der Waals surface area contributed by atoms with E-state index in [9.17, 15) is 0 Å². The van der Waals surface area contributed by atoms with E-state index in [0.29, 0.717) is 6.42 Å². The molecule has 0 heterocycles. The first kappa shape index (κ1) is 16.3. The Morgan fingerprint density at radius 1 is 1.33 bits per heavy atom. The monoisotopic (exact) mass is 240 g/mol. The third-order valence-electron chi connectivity index (χ3n) is 0.789. The van der Waals surface area contributed by atoms with Crippen LogP contribution in [0, 0.1) is 18.3 Å². The Morgan fingerprint density at radius 2 is 1.89 bits per heavy atom. The number of nitrogens with zero attached hydrogens (tertiary/aromatic N) is 1. The van der Waals surface area contributed by atoms with Crippen molar-refractivity contribution >= 4 is 17.0 Å². The second-order valence-electron chi connectivity index (χ2n) is 1.47. The first-order chi connectivity index (χ1) is 3.41. The molecule has 0 aromatic carbocycles. The Kier molecular flexibility index (Phi) is 28.7. The number of unbranched alkanes of at least 4 members (excludes halogenated alkanes) is 3. The van der Waals surface area contributed by atoms with Gasteiger partial charge in [0.2, 0.25) is 0 Å². The van der Waals surface area contributed by atoms with Crippen LogP contribution in [0.2, 0.25) is 0 Å². The van der Waals surface area contributed by atoms with Crippen molar-refractivity contribution in [2.75, 3.05) is 0 Å². The van der Waals surface area contributed by atoms with Crippen LogP contribution < -0.4 is 0 Å². The maximum atomic E-state index is 8.02. The maximum absolute atomic E-state index is 8.02. The molecule has 0 saturated heterocycles. The van der Waals surface area contributed by atoms with Crippen LogP contribution in [0.3, 0.4) is 0 Å². The van der Waals surface area contributed by atoms with Crippen molar-refractivity contribution in [3.05, 3.63) is 6.92 Å². The minimum atomic E-state index is 0. The Morgan fingerprint density at radius 3 is 2.22 bits per heavy atom. The van der Waals surface area contributed by atoms with E-state index < -0.39 is 0 Å². The summed E-state index contributed by atoms with van der Waals surface area (Å²) in [6.07, 6.45) is 3.75. The van der Waals surface area contributed by atoms with E-state index in [-0.39, 0.29) is 36.5 Å². The average Bonchev–Trinajstić information content (AvgIpc) is 1.69. The predicted octanol–water partition coefficient (Wildman–Crippen LogP) is 2.48. The first-order valence-electron chi connectivity index (χ1n) is 2.58. The molecule has 0 amide bonds. The predicted molar refractivity (Wildman–Crippen MR) is 39.8 cm³/mol. The molecule has 0 N–H and O–H groups in total. The third kappa shape index (κ3) is 17.7. The smallest absolute Gasteiger partial charge is 0.0621 e. The van der Waals surface area contributed by atoms with Crippen molar-refractivity contribution in [1.29, 1.82) is 5.26 Å². The van der Waals surface area contributed by atoms with Crippen LogP contribution in [0.15, 0.2) is 0 Å². The molecule has 0 aromatic rings. The van der Waals surface area contributed by atoms with Gasteiger partial charge in [0.15, 0.2) is 0 Å². The molecule has 3 heteroatoms. The number of nitriles is 1. The quantitative estimate of drug-likeness (QED) is 0.424. The van der Waals surface area contributed by atoms with E-state index in [2.05, 4.69) is 13.0 Å². The van der Waals surface area contributed by atoms with Crippen molar-refractivity contribution in [3.63, 3.8) is 0 Å². The summed E-state index contributed by atoms with van der Waals surface area (Å²) in [4.78, 5) is 0. The molecule has 50 valence electrons. The van der Waals surface area contributed by atoms with E-state index in [1.54, 1.807) is 0 Å². The molecule has 0 fully saturated rings. The molecule has 0 spiro atoms. The van der Waals surface area contributed by atoms with Crippen LogP contribution in [-0.4, -0.2) is 0 Å². The van der Waals surface area contributed by atoms with Crippen molar-refractivity contribution in [2.45, 2.75) is 25.7 Å². The summed E-state index contributed by atoms with van der Waals surface area (Å²) in [5.41, 5.74) is 0. The van der Waals surface area contributed by atoms with Gasteiger partial charge in [-0.2, -0.15) is 11.7 Å². The van der Waals surface area contributed by atoms with E-state index >= 15 is 0 Å². The average molecular weight is 242 g/mol. The summed E-state index contributed by atoms with van der Waals surface area (Å²) in [5, 5.41) is 8.02. The standard InChI is InChI=1S/C6H10N.BrH.Zn/c1-2-3-4-5-6-7;;/h1-5H2;1H;/q-1;;. The van der Waals surface area contributed by atoms with Gasteiger partial charge in [0.05, 0.1) is 6.07 Å². The fourth-order valence-corrected chi connectivity index (χ4v) is 0.381. The van der Waals surface area contributed by atoms with Crippen LogP contribution in [0.25, 0.3) is 0 Å². The van der Waals surface area contributed by atoms with Gasteiger partial charge in [0.1, 0.15) is 0 Å². The Bertz CT molecular complexity index is 69.9. The number of hydrogen-bond donors (Lipinski definition) is 0. The van der Waals surface area contributed by atoms with E-state index in [0.717, 1.165) is 19.3 Å². The van der Waals surface area contributed by atoms with Crippen molar-refractivity contribution in [3.8, 4) is 6.07 Å². The SMILES string of the molecule is Br.[CH2-]CCCCC#N.[Zn]. The maximum Gasteiger partial charge on any atom is 0.0621 e. The zero-order valence-electron chi connectivity index (χ0n) is 5.60. The Labute approximate surface area is 80.4 Å². The summed E-state index contributed by atoms with van der Waals surface area (Å²) in [6, 6.07) is 2.07. The van der Waals surface area contributed by atoms with E-state index in [1.807, 2.05) is 0 Å². The number of hydrogen-bond acceptors (Lipinski definition) is 1. The number of halogens is 1. The molecular formula is C6H11BrNZn-. The van der Waals surface area contributed by atoms with Crippen molar-refractivity contribution < 1.29 is 19.5 Å². The van der Waals surface area contributed by atoms with Gasteiger partial charge in [0.25, 0.3) is 0 Å². The molecule has 0 aliphatic carbocycles. The normalized spacial score (nSPS) is 6.22. The van der Waals surface area contributed by atoms with Crippen molar-refractivity contribution in [2.24, 2.45) is 0 Å². The summed E-state index contributed by atoms with van der Waals surface area (Å²) < 4.78 is 0. The molecule has 0 saturated carbocycles. The van der Waals surface area contributed by atoms with Gasteiger partial charge in [-0.1, -0.05) is 6.42 Å². The summed E-state index contributed by atoms with van der Waals surface area (Å²) in [6.45, 7) is 3.65. The summed E-state index contributed by atoms with van der Waals surface area (Å²) >= 11 is 0. The fraction of sp³-hybridized carbons (Fsp3) is 0.667. The second-order valence-corrected chi connectivity index (χ2v) is 1.47. The zero-order chi connectivity index (χ0) is 5.54. The molecule has 0 aromatic heterocycles. The first-order valence-corrected chi connectivity index (χ1v) is 2.58. The molecule has 1 nitrogen and oxygen atoms in total. The van der Waals surface area contributed by atoms with Gasteiger partial charge < -0.3 is 6.92 Å². The van der Waals surface area contributed by atoms with E-state index in [1.165, 1.54) is 0 Å². The van der Waals surface area contributed by atoms with Gasteiger partial charge in [-0.25, -0.2) is 0 Å². The second kappa shape index (κ2) is 15.8. The fourth-order valence-electron chi connectivity index (χ4n) is 0.381.